The summed E-state index contributed by atoms with van der Waals surface area (Å²) in [5.74, 6) is 0.159. The molecule has 3 aromatic heterocycles. The molecule has 9 nitrogen and oxygen atoms in total. The number of rotatable bonds is 6. The summed E-state index contributed by atoms with van der Waals surface area (Å²) < 4.78 is 34.7. The lowest BCUT2D eigenvalue weighted by Crippen LogP contribution is -2.24. The Kier molecular flexibility index (Phi) is 5.68. The Balaban J connectivity index is 1.47. The summed E-state index contributed by atoms with van der Waals surface area (Å²) in [6.45, 7) is 2.52. The SMILES string of the molecule is COC(=O)C[C@@H](C)c1nc(-c2cnn3ccc(N4CCC[C@@H]4c4cc(F)ccc4F)nc23)n[nH]1. The first-order valence-corrected chi connectivity index (χ1v) is 11.0. The van der Waals surface area contributed by atoms with Crippen molar-refractivity contribution in [1.29, 1.82) is 0 Å². The van der Waals surface area contributed by atoms with Gasteiger partial charge >= 0.3 is 5.97 Å². The van der Waals surface area contributed by atoms with Crippen molar-refractivity contribution in [3.63, 3.8) is 0 Å². The number of benzene rings is 1. The number of hydrogen-bond acceptors (Lipinski definition) is 7. The van der Waals surface area contributed by atoms with Gasteiger partial charge in [0.1, 0.15) is 23.3 Å². The fourth-order valence-electron chi connectivity index (χ4n) is 4.36. The average Bonchev–Trinajstić information content (AvgIpc) is 3.59. The molecule has 1 aliphatic rings. The van der Waals surface area contributed by atoms with Crippen molar-refractivity contribution in [3.05, 3.63) is 59.7 Å². The van der Waals surface area contributed by atoms with Crippen molar-refractivity contribution in [2.75, 3.05) is 18.6 Å². The predicted molar refractivity (Wildman–Crippen MR) is 119 cm³/mol. The average molecular weight is 467 g/mol. The number of aromatic amines is 1. The number of ether oxygens (including phenoxy) is 1. The van der Waals surface area contributed by atoms with E-state index in [1.807, 2.05) is 11.8 Å². The minimum Gasteiger partial charge on any atom is -0.469 e. The van der Waals surface area contributed by atoms with Crippen molar-refractivity contribution < 1.29 is 18.3 Å². The number of nitrogens with one attached hydrogen (secondary N) is 1. The molecule has 4 aromatic rings. The van der Waals surface area contributed by atoms with Crippen LogP contribution in [0.4, 0.5) is 14.6 Å². The highest BCUT2D eigenvalue weighted by Crippen LogP contribution is 2.37. The van der Waals surface area contributed by atoms with Gasteiger partial charge in [0.2, 0.25) is 0 Å². The van der Waals surface area contributed by atoms with Gasteiger partial charge in [-0.25, -0.2) is 23.3 Å². The lowest BCUT2D eigenvalue weighted by Gasteiger charge is -2.26. The Labute approximate surface area is 193 Å². The van der Waals surface area contributed by atoms with Crippen LogP contribution in [0.5, 0.6) is 0 Å². The summed E-state index contributed by atoms with van der Waals surface area (Å²) >= 11 is 0. The molecule has 1 N–H and O–H groups in total. The highest BCUT2D eigenvalue weighted by molar-refractivity contribution is 5.73. The lowest BCUT2D eigenvalue weighted by molar-refractivity contribution is -0.141. The number of carbonyl (C=O) groups excluding carboxylic acids is 1. The van der Waals surface area contributed by atoms with E-state index in [0.717, 1.165) is 18.6 Å². The van der Waals surface area contributed by atoms with E-state index in [1.165, 1.54) is 13.2 Å². The minimum absolute atomic E-state index is 0.176. The number of methoxy groups -OCH3 is 1. The molecule has 1 aromatic carbocycles. The van der Waals surface area contributed by atoms with Crippen LogP contribution in [0.15, 0.2) is 36.7 Å². The van der Waals surface area contributed by atoms with Crippen LogP contribution in [0.3, 0.4) is 0 Å². The van der Waals surface area contributed by atoms with Crippen LogP contribution in [-0.4, -0.2) is 49.4 Å². The third-order valence-electron chi connectivity index (χ3n) is 6.13. The van der Waals surface area contributed by atoms with E-state index in [1.54, 1.807) is 23.0 Å². The van der Waals surface area contributed by atoms with Gasteiger partial charge < -0.3 is 9.64 Å². The van der Waals surface area contributed by atoms with E-state index in [9.17, 15) is 13.6 Å². The minimum atomic E-state index is -0.466. The third kappa shape index (κ3) is 3.97. The predicted octanol–water partition coefficient (Wildman–Crippen LogP) is 3.80. The molecule has 34 heavy (non-hydrogen) atoms. The Morgan fingerprint density at radius 1 is 1.29 bits per heavy atom. The molecule has 11 heteroatoms. The van der Waals surface area contributed by atoms with E-state index in [4.69, 9.17) is 9.72 Å². The molecule has 1 saturated heterocycles. The Morgan fingerprint density at radius 3 is 2.97 bits per heavy atom. The van der Waals surface area contributed by atoms with E-state index in [-0.39, 0.29) is 24.3 Å². The zero-order valence-electron chi connectivity index (χ0n) is 18.7. The second-order valence-corrected chi connectivity index (χ2v) is 8.35. The number of carbonyl (C=O) groups is 1. The van der Waals surface area contributed by atoms with Gasteiger partial charge in [0.15, 0.2) is 11.5 Å². The first kappa shape index (κ1) is 21.9. The maximum absolute atomic E-state index is 14.5. The lowest BCUT2D eigenvalue weighted by atomic mass is 10.0. The monoisotopic (exact) mass is 467 g/mol. The van der Waals surface area contributed by atoms with Gasteiger partial charge in [-0.05, 0) is 37.1 Å². The normalized spacial score (nSPS) is 16.8. The molecule has 0 spiro atoms. The van der Waals surface area contributed by atoms with Gasteiger partial charge in [-0.3, -0.25) is 9.89 Å². The fourth-order valence-corrected chi connectivity index (χ4v) is 4.36. The molecular formula is C23H23F2N7O2. The molecule has 1 fully saturated rings. The molecular weight excluding hydrogens is 444 g/mol. The van der Waals surface area contributed by atoms with Gasteiger partial charge in [0.25, 0.3) is 0 Å². The molecule has 0 unspecified atom stereocenters. The van der Waals surface area contributed by atoms with Crippen LogP contribution >= 0.6 is 0 Å². The van der Waals surface area contributed by atoms with Crippen LogP contribution in [0.25, 0.3) is 17.0 Å². The van der Waals surface area contributed by atoms with Crippen molar-refractivity contribution >= 4 is 17.4 Å². The Bertz CT molecular complexity index is 1350. The first-order chi connectivity index (χ1) is 16.4. The number of halogens is 2. The van der Waals surface area contributed by atoms with E-state index in [2.05, 4.69) is 20.3 Å². The number of H-pyrrole nitrogens is 1. The number of nitrogens with zero attached hydrogens (tertiary/aromatic N) is 6. The summed E-state index contributed by atoms with van der Waals surface area (Å²) in [4.78, 5) is 22.9. The maximum atomic E-state index is 14.5. The van der Waals surface area contributed by atoms with E-state index < -0.39 is 11.6 Å². The second-order valence-electron chi connectivity index (χ2n) is 8.35. The highest BCUT2D eigenvalue weighted by atomic mass is 19.1. The number of fused-ring (bicyclic) bond motifs is 1. The Morgan fingerprint density at radius 2 is 2.15 bits per heavy atom. The van der Waals surface area contributed by atoms with Gasteiger partial charge in [-0.15, -0.1) is 0 Å². The van der Waals surface area contributed by atoms with Crippen molar-refractivity contribution in [2.45, 2.75) is 38.1 Å². The standard InChI is InChI=1S/C23H23F2N7O2/c1-13(10-20(33)34-2)21-28-22(30-29-21)16-12-26-32-9-7-19(27-23(16)32)31-8-3-4-18(31)15-11-14(24)5-6-17(15)25/h5-7,9,11-13,18H,3-4,8,10H2,1-2H3,(H,28,29,30)/t13-,18-/m1/s1. The molecule has 0 radical (unpaired) electrons. The Hall–Kier alpha value is -3.89. The smallest absolute Gasteiger partial charge is 0.306 e. The van der Waals surface area contributed by atoms with Crippen molar-refractivity contribution in [3.8, 4) is 11.4 Å². The molecule has 4 heterocycles. The molecule has 0 aliphatic carbocycles. The summed E-state index contributed by atoms with van der Waals surface area (Å²) in [5, 5.41) is 11.5. The topological polar surface area (TPSA) is 101 Å². The van der Waals surface area contributed by atoms with Crippen molar-refractivity contribution in [1.82, 2.24) is 29.8 Å². The molecule has 176 valence electrons. The third-order valence-corrected chi connectivity index (χ3v) is 6.13. The van der Waals surface area contributed by atoms with Crippen LogP contribution in [0.2, 0.25) is 0 Å². The van der Waals surface area contributed by atoms with Gasteiger partial charge in [-0.2, -0.15) is 10.2 Å². The van der Waals surface area contributed by atoms with Gasteiger partial charge in [0, 0.05) is 24.2 Å². The zero-order chi connectivity index (χ0) is 23.8. The summed E-state index contributed by atoms with van der Waals surface area (Å²) in [7, 11) is 1.34. The van der Waals surface area contributed by atoms with Crippen LogP contribution in [0.1, 0.15) is 49.5 Å². The molecule has 1 aliphatic heterocycles. The second kappa shape index (κ2) is 8.81. The van der Waals surface area contributed by atoms with Crippen LogP contribution in [0, 0.1) is 11.6 Å². The largest absolute Gasteiger partial charge is 0.469 e. The zero-order valence-corrected chi connectivity index (χ0v) is 18.7. The molecule has 5 rings (SSSR count). The summed E-state index contributed by atoms with van der Waals surface area (Å²) in [5.41, 5.74) is 1.47. The number of esters is 1. The van der Waals surface area contributed by atoms with Crippen LogP contribution in [-0.2, 0) is 9.53 Å². The van der Waals surface area contributed by atoms with Gasteiger partial charge in [-0.1, -0.05) is 6.92 Å². The first-order valence-electron chi connectivity index (χ1n) is 11.0. The summed E-state index contributed by atoms with van der Waals surface area (Å²) in [6, 6.07) is 5.03. The van der Waals surface area contributed by atoms with E-state index >= 15 is 0 Å². The summed E-state index contributed by atoms with van der Waals surface area (Å²) in [6.07, 6.45) is 5.10. The van der Waals surface area contributed by atoms with Gasteiger partial charge in [0.05, 0.1) is 31.3 Å². The molecule has 0 amide bonds. The van der Waals surface area contributed by atoms with Crippen LogP contribution < -0.4 is 4.90 Å². The maximum Gasteiger partial charge on any atom is 0.306 e. The number of anilines is 1. The quantitative estimate of drug-likeness (QED) is 0.431. The molecule has 0 bridgehead atoms. The highest BCUT2D eigenvalue weighted by Gasteiger charge is 2.30. The molecule has 0 saturated carbocycles. The van der Waals surface area contributed by atoms with E-state index in [0.29, 0.717) is 47.2 Å². The fraction of sp³-hybridized carbons (Fsp3) is 0.348. The number of aromatic nitrogens is 6. The van der Waals surface area contributed by atoms with Crippen molar-refractivity contribution in [2.24, 2.45) is 0 Å². The molecule has 2 atom stereocenters. The number of hydrogen-bond donors (Lipinski definition) is 1.